The molecule has 0 amide bonds. The van der Waals surface area contributed by atoms with E-state index in [0.717, 1.165) is 23.8 Å². The second-order valence-electron chi connectivity index (χ2n) is 4.27. The van der Waals surface area contributed by atoms with Crippen molar-refractivity contribution in [2.75, 3.05) is 11.4 Å². The molecule has 0 aliphatic heterocycles. The van der Waals surface area contributed by atoms with Crippen LogP contribution in [0.2, 0.25) is 5.02 Å². The van der Waals surface area contributed by atoms with Crippen molar-refractivity contribution in [1.82, 2.24) is 4.98 Å². The van der Waals surface area contributed by atoms with Crippen molar-refractivity contribution in [2.45, 2.75) is 20.4 Å². The van der Waals surface area contributed by atoms with Crippen LogP contribution >= 0.6 is 11.6 Å². The van der Waals surface area contributed by atoms with Crippen molar-refractivity contribution in [3.8, 4) is 0 Å². The van der Waals surface area contributed by atoms with Crippen LogP contribution < -0.4 is 4.90 Å². The van der Waals surface area contributed by atoms with E-state index in [1.54, 1.807) is 12.3 Å². The van der Waals surface area contributed by atoms with Gasteiger partial charge in [0.05, 0.1) is 12.2 Å². The number of aromatic nitrogens is 1. The molecule has 0 atom stereocenters. The average molecular weight is 261 g/mol. The fourth-order valence-corrected chi connectivity index (χ4v) is 2.20. The van der Waals surface area contributed by atoms with Crippen molar-refractivity contribution < 1.29 is 0 Å². The Bertz CT molecular complexity index is 525. The fourth-order valence-electron chi connectivity index (χ4n) is 2.02. The number of anilines is 1. The average Bonchev–Trinajstić information content (AvgIpc) is 2.37. The minimum atomic E-state index is 0.737. The molecule has 0 unspecified atom stereocenters. The molecule has 1 aromatic heterocycles. The highest BCUT2D eigenvalue weighted by Gasteiger charge is 2.08. The molecule has 2 nitrogen and oxygen atoms in total. The monoisotopic (exact) mass is 260 g/mol. The Balaban J connectivity index is 2.23. The maximum atomic E-state index is 5.99. The van der Waals surface area contributed by atoms with Crippen LogP contribution in [0.5, 0.6) is 0 Å². The van der Waals surface area contributed by atoms with Gasteiger partial charge in [0.25, 0.3) is 0 Å². The minimum absolute atomic E-state index is 0.737. The molecule has 0 aliphatic carbocycles. The lowest BCUT2D eigenvalue weighted by Crippen LogP contribution is -2.23. The van der Waals surface area contributed by atoms with Gasteiger partial charge in [0.1, 0.15) is 0 Å². The topological polar surface area (TPSA) is 16.1 Å². The van der Waals surface area contributed by atoms with Crippen LogP contribution in [0.15, 0.2) is 42.6 Å². The molecule has 0 N–H and O–H groups in total. The summed E-state index contributed by atoms with van der Waals surface area (Å²) in [7, 11) is 0. The smallest absolute Gasteiger partial charge is 0.0611 e. The van der Waals surface area contributed by atoms with E-state index in [4.69, 9.17) is 11.6 Å². The van der Waals surface area contributed by atoms with E-state index < -0.39 is 0 Å². The standard InChI is InChI=1S/C15H17ClN2/c1-3-18(15-7-5-4-6-12(15)2)11-14-10-13(16)8-9-17-14/h4-10H,3,11H2,1-2H3. The zero-order valence-corrected chi connectivity index (χ0v) is 11.5. The molecule has 2 aromatic rings. The molecular weight excluding hydrogens is 244 g/mol. The van der Waals surface area contributed by atoms with Crippen LogP contribution in [-0.4, -0.2) is 11.5 Å². The molecule has 0 saturated heterocycles. The zero-order valence-electron chi connectivity index (χ0n) is 10.7. The van der Waals surface area contributed by atoms with Gasteiger partial charge >= 0.3 is 0 Å². The summed E-state index contributed by atoms with van der Waals surface area (Å²) in [5.41, 5.74) is 3.52. The predicted molar refractivity (Wildman–Crippen MR) is 77.2 cm³/mol. The van der Waals surface area contributed by atoms with Gasteiger partial charge in [-0.05, 0) is 37.6 Å². The second-order valence-corrected chi connectivity index (χ2v) is 4.70. The van der Waals surface area contributed by atoms with Crippen LogP contribution in [0.3, 0.4) is 0 Å². The highest BCUT2D eigenvalue weighted by atomic mass is 35.5. The summed E-state index contributed by atoms with van der Waals surface area (Å²) in [4.78, 5) is 6.66. The maximum Gasteiger partial charge on any atom is 0.0611 e. The van der Waals surface area contributed by atoms with Crippen LogP contribution in [0.25, 0.3) is 0 Å². The van der Waals surface area contributed by atoms with E-state index in [9.17, 15) is 0 Å². The number of benzene rings is 1. The van der Waals surface area contributed by atoms with Crippen LogP contribution in [0, 0.1) is 6.92 Å². The third-order valence-corrected chi connectivity index (χ3v) is 3.20. The first-order valence-corrected chi connectivity index (χ1v) is 6.49. The SMILES string of the molecule is CCN(Cc1cc(Cl)ccn1)c1ccccc1C. The van der Waals surface area contributed by atoms with Crippen LogP contribution in [0.4, 0.5) is 5.69 Å². The number of pyridine rings is 1. The Labute approximate surface area is 113 Å². The number of rotatable bonds is 4. The third kappa shape index (κ3) is 3.02. The lowest BCUT2D eigenvalue weighted by molar-refractivity contribution is 0.806. The number of para-hydroxylation sites is 1. The molecule has 0 fully saturated rings. The second kappa shape index (κ2) is 5.87. The molecule has 0 bridgehead atoms. The van der Waals surface area contributed by atoms with E-state index in [-0.39, 0.29) is 0 Å². The first-order valence-electron chi connectivity index (χ1n) is 6.11. The quantitative estimate of drug-likeness (QED) is 0.824. The molecular formula is C15H17ClN2. The van der Waals surface area contributed by atoms with Crippen molar-refractivity contribution >= 4 is 17.3 Å². The minimum Gasteiger partial charge on any atom is -0.366 e. The van der Waals surface area contributed by atoms with Crippen molar-refractivity contribution in [3.63, 3.8) is 0 Å². The molecule has 2 rings (SSSR count). The Hall–Kier alpha value is -1.54. The lowest BCUT2D eigenvalue weighted by atomic mass is 10.1. The molecule has 0 aliphatic rings. The van der Waals surface area contributed by atoms with Gasteiger partial charge in [0.2, 0.25) is 0 Å². The number of aryl methyl sites for hydroxylation is 1. The van der Waals surface area contributed by atoms with Crippen LogP contribution in [0.1, 0.15) is 18.2 Å². The summed E-state index contributed by atoms with van der Waals surface area (Å²) in [6.45, 7) is 6.00. The van der Waals surface area contributed by atoms with Crippen molar-refractivity contribution in [3.05, 3.63) is 58.9 Å². The van der Waals surface area contributed by atoms with Gasteiger partial charge in [-0.3, -0.25) is 4.98 Å². The highest BCUT2D eigenvalue weighted by molar-refractivity contribution is 6.30. The van der Waals surface area contributed by atoms with Crippen LogP contribution in [-0.2, 0) is 6.54 Å². The summed E-state index contributed by atoms with van der Waals surface area (Å²) in [5.74, 6) is 0. The summed E-state index contributed by atoms with van der Waals surface area (Å²) in [5, 5.41) is 0.737. The molecule has 0 spiro atoms. The number of nitrogens with zero attached hydrogens (tertiary/aromatic N) is 2. The Kier molecular flexibility index (Phi) is 4.21. The molecule has 94 valence electrons. The normalized spacial score (nSPS) is 10.4. The van der Waals surface area contributed by atoms with Gasteiger partial charge in [0, 0.05) is 23.5 Å². The number of hydrogen-bond acceptors (Lipinski definition) is 2. The number of hydrogen-bond donors (Lipinski definition) is 0. The fraction of sp³-hybridized carbons (Fsp3) is 0.267. The lowest BCUT2D eigenvalue weighted by Gasteiger charge is -2.24. The number of halogens is 1. The van der Waals surface area contributed by atoms with E-state index >= 15 is 0 Å². The highest BCUT2D eigenvalue weighted by Crippen LogP contribution is 2.21. The summed E-state index contributed by atoms with van der Waals surface area (Å²) >= 11 is 5.99. The summed E-state index contributed by atoms with van der Waals surface area (Å²) < 4.78 is 0. The van der Waals surface area contributed by atoms with Gasteiger partial charge < -0.3 is 4.90 Å². The first kappa shape index (κ1) is 12.9. The van der Waals surface area contributed by atoms with Gasteiger partial charge in [-0.2, -0.15) is 0 Å². The van der Waals surface area contributed by atoms with E-state index in [0.29, 0.717) is 0 Å². The summed E-state index contributed by atoms with van der Waals surface area (Å²) in [6.07, 6.45) is 1.75. The third-order valence-electron chi connectivity index (χ3n) is 2.97. The zero-order chi connectivity index (χ0) is 13.0. The predicted octanol–water partition coefficient (Wildman–Crippen LogP) is 4.07. The molecule has 18 heavy (non-hydrogen) atoms. The Morgan fingerprint density at radius 2 is 2.00 bits per heavy atom. The van der Waals surface area contributed by atoms with E-state index in [1.807, 2.05) is 6.07 Å². The molecule has 0 saturated carbocycles. The Morgan fingerprint density at radius 3 is 2.67 bits per heavy atom. The Morgan fingerprint density at radius 1 is 1.22 bits per heavy atom. The van der Waals surface area contributed by atoms with Gasteiger partial charge in [0.15, 0.2) is 0 Å². The van der Waals surface area contributed by atoms with Crippen molar-refractivity contribution in [2.24, 2.45) is 0 Å². The van der Waals surface area contributed by atoms with Crippen molar-refractivity contribution in [1.29, 1.82) is 0 Å². The molecule has 1 heterocycles. The molecule has 3 heteroatoms. The summed E-state index contributed by atoms with van der Waals surface area (Å²) in [6, 6.07) is 12.1. The first-order chi connectivity index (χ1) is 8.70. The molecule has 0 radical (unpaired) electrons. The largest absolute Gasteiger partial charge is 0.366 e. The molecule has 1 aromatic carbocycles. The maximum absolute atomic E-state index is 5.99. The van der Waals surface area contributed by atoms with Gasteiger partial charge in [-0.25, -0.2) is 0 Å². The van der Waals surface area contributed by atoms with E-state index in [2.05, 4.69) is 48.0 Å². The van der Waals surface area contributed by atoms with Gasteiger partial charge in [-0.15, -0.1) is 0 Å². The van der Waals surface area contributed by atoms with E-state index in [1.165, 1.54) is 11.3 Å². The van der Waals surface area contributed by atoms with Gasteiger partial charge in [-0.1, -0.05) is 29.8 Å².